The second-order valence-electron chi connectivity index (χ2n) is 10.9. The summed E-state index contributed by atoms with van der Waals surface area (Å²) in [5.74, 6) is 0.762. The Morgan fingerprint density at radius 1 is 0.921 bits per heavy atom. The van der Waals surface area contributed by atoms with Gasteiger partial charge in [-0.25, -0.2) is 0 Å². The largest absolute Gasteiger partial charge is 0.465 e. The van der Waals surface area contributed by atoms with Gasteiger partial charge in [0.1, 0.15) is 5.75 Å². The molecule has 204 valence electrons. The number of para-hydroxylation sites is 1. The van der Waals surface area contributed by atoms with E-state index < -0.39 is 6.29 Å². The smallest absolute Gasteiger partial charge is 0.253 e. The van der Waals surface area contributed by atoms with Gasteiger partial charge in [-0.15, -0.1) is 0 Å². The van der Waals surface area contributed by atoms with Gasteiger partial charge in [-0.3, -0.25) is 9.59 Å². The van der Waals surface area contributed by atoms with Crippen molar-refractivity contribution in [2.24, 2.45) is 0 Å². The zero-order valence-corrected chi connectivity index (χ0v) is 22.4. The van der Waals surface area contributed by atoms with E-state index >= 15 is 0 Å². The van der Waals surface area contributed by atoms with E-state index in [9.17, 15) is 14.7 Å². The number of aryl methyl sites for hydroxylation is 1. The average Bonchev–Trinajstić information content (AvgIpc) is 2.96. The molecule has 7 nitrogen and oxygen atoms in total. The first-order valence-corrected chi connectivity index (χ1v) is 14.4. The number of aliphatic hydroxyl groups excluding tert-OH is 1. The SMILES string of the molecule is O=C(c1ccc(OC(O)CCCCN2CCCCC2)cc1)N1CCC(N2C(=O)CCc3ccccc32)CC1. The van der Waals surface area contributed by atoms with Crippen molar-refractivity contribution in [1.29, 1.82) is 0 Å². The number of carbonyl (C=O) groups excluding carboxylic acids is 2. The Kier molecular flexibility index (Phi) is 8.97. The minimum absolute atomic E-state index is 0.00127. The van der Waals surface area contributed by atoms with Gasteiger partial charge < -0.3 is 24.5 Å². The first kappa shape index (κ1) is 26.7. The van der Waals surface area contributed by atoms with Gasteiger partial charge in [0, 0.05) is 43.2 Å². The molecule has 2 aromatic carbocycles. The summed E-state index contributed by atoms with van der Waals surface area (Å²) in [5.41, 5.74) is 2.88. The molecule has 0 bridgehead atoms. The fraction of sp³-hybridized carbons (Fsp3) is 0.548. The molecule has 2 saturated heterocycles. The highest BCUT2D eigenvalue weighted by Gasteiger charge is 2.33. The summed E-state index contributed by atoms with van der Waals surface area (Å²) >= 11 is 0. The van der Waals surface area contributed by atoms with E-state index in [0.717, 1.165) is 44.3 Å². The normalized spacial score (nSPS) is 19.8. The topological polar surface area (TPSA) is 73.3 Å². The fourth-order valence-corrected chi connectivity index (χ4v) is 6.09. The summed E-state index contributed by atoms with van der Waals surface area (Å²) in [5, 5.41) is 10.3. The van der Waals surface area contributed by atoms with Crippen LogP contribution in [0.4, 0.5) is 5.69 Å². The van der Waals surface area contributed by atoms with Crippen LogP contribution in [0, 0.1) is 0 Å². The van der Waals surface area contributed by atoms with E-state index in [0.29, 0.717) is 37.2 Å². The number of nitrogens with zero attached hydrogens (tertiary/aromatic N) is 3. The molecule has 2 amide bonds. The highest BCUT2D eigenvalue weighted by molar-refractivity contribution is 5.97. The number of carbonyl (C=O) groups is 2. The van der Waals surface area contributed by atoms with Crippen molar-refractivity contribution >= 4 is 17.5 Å². The van der Waals surface area contributed by atoms with E-state index in [1.807, 2.05) is 28.0 Å². The highest BCUT2D eigenvalue weighted by atomic mass is 16.6. The van der Waals surface area contributed by atoms with Gasteiger partial charge in [-0.1, -0.05) is 24.6 Å². The molecule has 1 unspecified atom stereocenters. The third-order valence-electron chi connectivity index (χ3n) is 8.24. The maximum atomic E-state index is 13.1. The Morgan fingerprint density at radius 3 is 2.42 bits per heavy atom. The van der Waals surface area contributed by atoms with Crippen molar-refractivity contribution < 1.29 is 19.4 Å². The van der Waals surface area contributed by atoms with E-state index in [-0.39, 0.29) is 17.9 Å². The van der Waals surface area contributed by atoms with Crippen molar-refractivity contribution in [2.75, 3.05) is 37.6 Å². The number of fused-ring (bicyclic) bond motifs is 1. The van der Waals surface area contributed by atoms with Crippen LogP contribution in [0.15, 0.2) is 48.5 Å². The molecule has 0 radical (unpaired) electrons. The fourth-order valence-electron chi connectivity index (χ4n) is 6.09. The van der Waals surface area contributed by atoms with Crippen LogP contribution in [-0.4, -0.2) is 71.8 Å². The van der Waals surface area contributed by atoms with Crippen molar-refractivity contribution in [3.8, 4) is 5.75 Å². The second kappa shape index (κ2) is 12.8. The predicted octanol–water partition coefficient (Wildman–Crippen LogP) is 4.62. The van der Waals surface area contributed by atoms with Crippen LogP contribution in [0.3, 0.4) is 0 Å². The lowest BCUT2D eigenvalue weighted by Gasteiger charge is -2.41. The summed E-state index contributed by atoms with van der Waals surface area (Å²) in [6.45, 7) is 4.76. The lowest BCUT2D eigenvalue weighted by molar-refractivity contribution is -0.119. The molecule has 2 aromatic rings. The van der Waals surface area contributed by atoms with Crippen molar-refractivity contribution in [1.82, 2.24) is 9.80 Å². The van der Waals surface area contributed by atoms with Crippen LogP contribution in [-0.2, 0) is 11.2 Å². The quantitative estimate of drug-likeness (QED) is 0.387. The molecule has 3 aliphatic rings. The molecule has 0 aliphatic carbocycles. The number of amides is 2. The molecule has 38 heavy (non-hydrogen) atoms. The maximum Gasteiger partial charge on any atom is 0.253 e. The Morgan fingerprint density at radius 2 is 1.66 bits per heavy atom. The van der Waals surface area contributed by atoms with Crippen LogP contribution in [0.2, 0.25) is 0 Å². The van der Waals surface area contributed by atoms with Gasteiger partial charge in [0.25, 0.3) is 5.91 Å². The van der Waals surface area contributed by atoms with E-state index in [2.05, 4.69) is 11.0 Å². The number of unbranched alkanes of at least 4 members (excludes halogenated alkanes) is 1. The molecular weight excluding hydrogens is 478 g/mol. The number of piperidine rings is 2. The lowest BCUT2D eigenvalue weighted by atomic mass is 9.95. The summed E-state index contributed by atoms with van der Waals surface area (Å²) in [6.07, 6.45) is 8.63. The number of hydrogen-bond acceptors (Lipinski definition) is 5. The van der Waals surface area contributed by atoms with Crippen LogP contribution >= 0.6 is 0 Å². The number of aliphatic hydroxyl groups is 1. The van der Waals surface area contributed by atoms with Gasteiger partial charge in [0.15, 0.2) is 6.29 Å². The molecule has 0 saturated carbocycles. The van der Waals surface area contributed by atoms with Crippen LogP contribution in [0.1, 0.15) is 73.7 Å². The number of benzene rings is 2. The van der Waals surface area contributed by atoms with Crippen LogP contribution in [0.5, 0.6) is 5.75 Å². The van der Waals surface area contributed by atoms with Gasteiger partial charge in [-0.2, -0.15) is 0 Å². The van der Waals surface area contributed by atoms with Crippen LogP contribution in [0.25, 0.3) is 0 Å². The maximum absolute atomic E-state index is 13.1. The molecule has 3 aliphatic heterocycles. The minimum atomic E-state index is -0.834. The first-order valence-electron chi connectivity index (χ1n) is 14.4. The lowest BCUT2D eigenvalue weighted by Crippen LogP contribution is -2.50. The Hall–Kier alpha value is -2.90. The van der Waals surface area contributed by atoms with Crippen LogP contribution < -0.4 is 9.64 Å². The average molecular weight is 520 g/mol. The summed E-state index contributed by atoms with van der Waals surface area (Å²) in [4.78, 5) is 32.3. The molecule has 0 aromatic heterocycles. The zero-order valence-electron chi connectivity index (χ0n) is 22.4. The number of ether oxygens (including phenoxy) is 1. The van der Waals surface area contributed by atoms with Gasteiger partial charge in [0.2, 0.25) is 5.91 Å². The third kappa shape index (κ3) is 6.56. The second-order valence-corrected chi connectivity index (χ2v) is 10.9. The summed E-state index contributed by atoms with van der Waals surface area (Å²) in [6, 6.07) is 15.4. The highest BCUT2D eigenvalue weighted by Crippen LogP contribution is 2.32. The number of anilines is 1. The van der Waals surface area contributed by atoms with Gasteiger partial charge >= 0.3 is 0 Å². The molecule has 3 heterocycles. The standard InChI is InChI=1S/C31H41N3O4/c35-29-16-13-24-8-2-3-9-28(24)34(29)26-17-22-33(23-18-26)31(37)25-11-14-27(15-12-25)38-30(36)10-4-7-21-32-19-5-1-6-20-32/h2-3,8-9,11-12,14-15,26,30,36H,1,4-7,10,13,16-23H2. The zero-order chi connectivity index (χ0) is 26.3. The van der Waals surface area contributed by atoms with E-state index in [4.69, 9.17) is 4.74 Å². The Labute approximate surface area is 226 Å². The first-order chi connectivity index (χ1) is 18.6. The van der Waals surface area contributed by atoms with E-state index in [1.165, 1.54) is 37.9 Å². The third-order valence-corrected chi connectivity index (χ3v) is 8.24. The van der Waals surface area contributed by atoms with Crippen molar-refractivity contribution in [2.45, 2.75) is 76.5 Å². The molecule has 5 rings (SSSR count). The minimum Gasteiger partial charge on any atom is -0.465 e. The monoisotopic (exact) mass is 519 g/mol. The number of likely N-dealkylation sites (tertiary alicyclic amines) is 2. The van der Waals surface area contributed by atoms with Gasteiger partial charge in [-0.05, 0) is 100 Å². The predicted molar refractivity (Wildman–Crippen MR) is 148 cm³/mol. The van der Waals surface area contributed by atoms with Crippen molar-refractivity contribution in [3.63, 3.8) is 0 Å². The number of rotatable bonds is 9. The molecule has 1 atom stereocenters. The van der Waals surface area contributed by atoms with Gasteiger partial charge in [0.05, 0.1) is 0 Å². The summed E-state index contributed by atoms with van der Waals surface area (Å²) < 4.78 is 5.69. The molecule has 7 heteroatoms. The Balaban J connectivity index is 1.06. The van der Waals surface area contributed by atoms with Crippen molar-refractivity contribution in [3.05, 3.63) is 59.7 Å². The Bertz CT molecular complexity index is 1070. The summed E-state index contributed by atoms with van der Waals surface area (Å²) in [7, 11) is 0. The molecular formula is C31H41N3O4. The molecule has 2 fully saturated rings. The molecule has 0 spiro atoms. The number of hydrogen-bond donors (Lipinski definition) is 1. The molecule has 1 N–H and O–H groups in total. The van der Waals surface area contributed by atoms with E-state index in [1.54, 1.807) is 24.3 Å².